The van der Waals surface area contributed by atoms with E-state index in [1.165, 1.54) is 24.3 Å². The summed E-state index contributed by atoms with van der Waals surface area (Å²) < 4.78 is 30.3. The Morgan fingerprint density at radius 2 is 1.62 bits per heavy atom. The smallest absolute Gasteiger partial charge is 0.282 e. The molecule has 0 amide bonds. The molecule has 0 unspecified atom stereocenters. The first-order chi connectivity index (χ1) is 7.18. The summed E-state index contributed by atoms with van der Waals surface area (Å²) in [5.41, 5.74) is 0.268. The number of benzene rings is 1. The van der Waals surface area contributed by atoms with Gasteiger partial charge in [-0.2, -0.15) is 18.6 Å². The van der Waals surface area contributed by atoms with E-state index in [1.54, 1.807) is 0 Å². The quantitative estimate of drug-likeness (QED) is 0.639. The molecular formula is C10H14N2O3S. The maximum atomic E-state index is 10.8. The molecule has 1 aromatic carbocycles. The molecule has 6 heteroatoms. The van der Waals surface area contributed by atoms with Gasteiger partial charge < -0.3 is 0 Å². The number of azo groups is 1. The van der Waals surface area contributed by atoms with Crippen molar-refractivity contribution in [3.05, 3.63) is 24.3 Å². The van der Waals surface area contributed by atoms with Crippen molar-refractivity contribution >= 4 is 15.8 Å². The molecule has 0 fully saturated rings. The van der Waals surface area contributed by atoms with Crippen molar-refractivity contribution in [2.45, 2.75) is 31.2 Å². The Morgan fingerprint density at radius 3 is 2.00 bits per heavy atom. The molecule has 0 spiro atoms. The summed E-state index contributed by atoms with van der Waals surface area (Å²) in [6.07, 6.45) is 0. The molecule has 0 bridgehead atoms. The Bertz CT molecular complexity index is 484. The lowest BCUT2D eigenvalue weighted by Gasteiger charge is -2.08. The fourth-order valence-electron chi connectivity index (χ4n) is 0.893. The number of rotatable bonds is 2. The van der Waals surface area contributed by atoms with E-state index in [0.717, 1.165) is 0 Å². The lowest BCUT2D eigenvalue weighted by molar-refractivity contribution is 0.483. The van der Waals surface area contributed by atoms with Crippen LogP contribution >= 0.6 is 0 Å². The maximum absolute atomic E-state index is 10.8. The Morgan fingerprint density at radius 1 is 1.12 bits per heavy atom. The molecule has 0 radical (unpaired) electrons. The first kappa shape index (κ1) is 12.8. The molecule has 88 valence electrons. The highest BCUT2D eigenvalue weighted by Crippen LogP contribution is 2.18. The van der Waals surface area contributed by atoms with E-state index >= 15 is 0 Å². The van der Waals surface area contributed by atoms with Gasteiger partial charge in [0.15, 0.2) is 0 Å². The van der Waals surface area contributed by atoms with Crippen LogP contribution in [-0.4, -0.2) is 18.5 Å². The van der Waals surface area contributed by atoms with Crippen LogP contribution in [0, 0.1) is 0 Å². The van der Waals surface area contributed by atoms with Crippen molar-refractivity contribution in [3.63, 3.8) is 0 Å². The lowest BCUT2D eigenvalue weighted by atomic mass is 10.1. The van der Waals surface area contributed by atoms with E-state index in [0.29, 0.717) is 5.69 Å². The normalized spacial score (nSPS) is 13.2. The summed E-state index contributed by atoms with van der Waals surface area (Å²) in [5.74, 6) is 0. The predicted octanol–water partition coefficient (Wildman–Crippen LogP) is 2.82. The molecule has 0 aliphatic carbocycles. The van der Waals surface area contributed by atoms with Crippen LogP contribution < -0.4 is 0 Å². The largest absolute Gasteiger partial charge is 0.294 e. The van der Waals surface area contributed by atoms with Crippen molar-refractivity contribution in [2.24, 2.45) is 10.2 Å². The summed E-state index contributed by atoms with van der Waals surface area (Å²) in [4.78, 5) is -0.151. The van der Waals surface area contributed by atoms with Gasteiger partial charge in [-0.1, -0.05) is 0 Å². The fraction of sp³-hybridized carbons (Fsp3) is 0.400. The minimum atomic E-state index is -4.14. The summed E-state index contributed by atoms with van der Waals surface area (Å²) in [5, 5.41) is 7.98. The molecule has 0 aliphatic rings. The standard InChI is InChI=1S/C10H14N2O3S/c1-10(2,3)12-11-8-4-6-9(7-5-8)16(13,14)15/h4-7H,1-3H3,(H,13,14,15). The van der Waals surface area contributed by atoms with Crippen molar-refractivity contribution in [1.29, 1.82) is 0 Å². The highest BCUT2D eigenvalue weighted by molar-refractivity contribution is 7.85. The Labute approximate surface area is 95.0 Å². The molecule has 0 saturated carbocycles. The van der Waals surface area contributed by atoms with Gasteiger partial charge in [-0.05, 0) is 45.0 Å². The van der Waals surface area contributed by atoms with Gasteiger partial charge in [0.05, 0.1) is 16.1 Å². The Kier molecular flexibility index (Phi) is 3.44. The van der Waals surface area contributed by atoms with E-state index in [1.807, 2.05) is 20.8 Å². The van der Waals surface area contributed by atoms with Crippen molar-refractivity contribution in [1.82, 2.24) is 0 Å². The second kappa shape index (κ2) is 4.31. The second-order valence-corrected chi connectivity index (χ2v) is 5.76. The van der Waals surface area contributed by atoms with Crippen LogP contribution in [0.4, 0.5) is 5.69 Å². The van der Waals surface area contributed by atoms with E-state index in [4.69, 9.17) is 4.55 Å². The highest BCUT2D eigenvalue weighted by atomic mass is 32.2. The summed E-state index contributed by atoms with van der Waals surface area (Å²) in [6, 6.07) is 5.54. The topological polar surface area (TPSA) is 79.1 Å². The molecule has 0 heterocycles. The van der Waals surface area contributed by atoms with Crippen LogP contribution in [0.3, 0.4) is 0 Å². The molecule has 1 rings (SSSR count). The summed E-state index contributed by atoms with van der Waals surface area (Å²) >= 11 is 0. The van der Waals surface area contributed by atoms with Crippen LogP contribution in [0.25, 0.3) is 0 Å². The van der Waals surface area contributed by atoms with Gasteiger partial charge in [-0.25, -0.2) is 0 Å². The van der Waals surface area contributed by atoms with Crippen LogP contribution in [0.2, 0.25) is 0 Å². The number of nitrogens with zero attached hydrogens (tertiary/aromatic N) is 2. The number of hydrogen-bond donors (Lipinski definition) is 1. The van der Waals surface area contributed by atoms with Crippen molar-refractivity contribution in [3.8, 4) is 0 Å². The third kappa shape index (κ3) is 4.08. The zero-order chi connectivity index (χ0) is 12.4. The minimum absolute atomic E-state index is 0.151. The van der Waals surface area contributed by atoms with Crippen molar-refractivity contribution < 1.29 is 13.0 Å². The Balaban J connectivity index is 2.93. The molecule has 0 atom stereocenters. The third-order valence-electron chi connectivity index (χ3n) is 1.60. The first-order valence-electron chi connectivity index (χ1n) is 4.69. The molecule has 0 aromatic heterocycles. The van der Waals surface area contributed by atoms with E-state index in [9.17, 15) is 8.42 Å². The molecular weight excluding hydrogens is 228 g/mol. The van der Waals surface area contributed by atoms with Crippen LogP contribution in [0.15, 0.2) is 39.4 Å². The van der Waals surface area contributed by atoms with Gasteiger partial charge in [-0.3, -0.25) is 4.55 Å². The third-order valence-corrected chi connectivity index (χ3v) is 2.47. The lowest BCUT2D eigenvalue weighted by Crippen LogP contribution is -2.07. The molecule has 0 saturated heterocycles. The Hall–Kier alpha value is -1.27. The van der Waals surface area contributed by atoms with Gasteiger partial charge in [0.2, 0.25) is 0 Å². The molecule has 1 N–H and O–H groups in total. The first-order valence-corrected chi connectivity index (χ1v) is 6.13. The SMILES string of the molecule is CC(C)(C)N=Nc1ccc(S(=O)(=O)O)cc1. The molecule has 1 aromatic rings. The highest BCUT2D eigenvalue weighted by Gasteiger charge is 2.09. The molecule has 0 aliphatic heterocycles. The fourth-order valence-corrected chi connectivity index (χ4v) is 1.37. The van der Waals surface area contributed by atoms with E-state index in [-0.39, 0.29) is 10.4 Å². The van der Waals surface area contributed by atoms with Crippen LogP contribution in [0.5, 0.6) is 0 Å². The van der Waals surface area contributed by atoms with E-state index < -0.39 is 10.1 Å². The van der Waals surface area contributed by atoms with Crippen molar-refractivity contribution in [2.75, 3.05) is 0 Å². The van der Waals surface area contributed by atoms with E-state index in [2.05, 4.69) is 10.2 Å². The summed E-state index contributed by atoms with van der Waals surface area (Å²) in [6.45, 7) is 5.72. The van der Waals surface area contributed by atoms with Gasteiger partial charge in [0, 0.05) is 0 Å². The summed E-state index contributed by atoms with van der Waals surface area (Å²) in [7, 11) is -4.14. The van der Waals surface area contributed by atoms with Gasteiger partial charge in [0.1, 0.15) is 0 Å². The minimum Gasteiger partial charge on any atom is -0.282 e. The van der Waals surface area contributed by atoms with Gasteiger partial charge in [-0.15, -0.1) is 0 Å². The number of hydrogen-bond acceptors (Lipinski definition) is 4. The zero-order valence-electron chi connectivity index (χ0n) is 9.38. The monoisotopic (exact) mass is 242 g/mol. The molecule has 16 heavy (non-hydrogen) atoms. The van der Waals surface area contributed by atoms with Crippen LogP contribution in [-0.2, 0) is 10.1 Å². The van der Waals surface area contributed by atoms with Gasteiger partial charge in [0.25, 0.3) is 10.1 Å². The zero-order valence-corrected chi connectivity index (χ0v) is 10.2. The van der Waals surface area contributed by atoms with Gasteiger partial charge >= 0.3 is 0 Å². The second-order valence-electron chi connectivity index (χ2n) is 4.34. The van der Waals surface area contributed by atoms with Crippen LogP contribution in [0.1, 0.15) is 20.8 Å². The maximum Gasteiger partial charge on any atom is 0.294 e. The predicted molar refractivity (Wildman–Crippen MR) is 60.5 cm³/mol. The molecule has 5 nitrogen and oxygen atoms in total. The average molecular weight is 242 g/mol. The average Bonchev–Trinajstić information content (AvgIpc) is 2.13.